The first kappa shape index (κ1) is 19.2. The molecule has 0 radical (unpaired) electrons. The number of aryl methyl sites for hydroxylation is 1. The molecule has 1 saturated carbocycles. The molecule has 1 fully saturated rings. The maximum Gasteiger partial charge on any atom is 0.365 e. The Labute approximate surface area is 170 Å². The minimum Gasteiger partial charge on any atom is -0.476 e. The van der Waals surface area contributed by atoms with Gasteiger partial charge in [0.25, 0.3) is 5.91 Å². The minimum absolute atomic E-state index is 0.0791. The van der Waals surface area contributed by atoms with E-state index in [1.54, 1.807) is 15.6 Å². The number of carboxylic acid groups (broad SMARTS) is 1. The van der Waals surface area contributed by atoms with Crippen molar-refractivity contribution in [1.29, 1.82) is 0 Å². The summed E-state index contributed by atoms with van der Waals surface area (Å²) in [4.78, 5) is 27.0. The maximum absolute atomic E-state index is 12.2. The first-order valence-corrected chi connectivity index (χ1v) is 10.3. The Kier molecular flexibility index (Phi) is 5.38. The van der Waals surface area contributed by atoms with Crippen LogP contribution in [0.4, 0.5) is 0 Å². The van der Waals surface area contributed by atoms with Crippen molar-refractivity contribution >= 4 is 23.2 Å². The fourth-order valence-electron chi connectivity index (χ4n) is 3.67. The zero-order valence-corrected chi connectivity index (χ0v) is 16.7. The molecule has 29 heavy (non-hydrogen) atoms. The molecule has 2 atom stereocenters. The van der Waals surface area contributed by atoms with Gasteiger partial charge in [-0.1, -0.05) is 11.6 Å². The monoisotopic (exact) mass is 415 g/mol. The molecule has 0 bridgehead atoms. The Hall–Kier alpha value is -3.08. The van der Waals surface area contributed by atoms with Crippen LogP contribution in [0, 0.1) is 5.92 Å². The summed E-state index contributed by atoms with van der Waals surface area (Å²) in [5.74, 6) is -0.824. The van der Waals surface area contributed by atoms with Crippen LogP contribution in [0.1, 0.15) is 57.6 Å². The molecule has 0 aromatic carbocycles. The normalized spacial score (nSPS) is 19.2. The second-order valence-corrected chi connectivity index (χ2v) is 8.10. The molecule has 152 valence electrons. The van der Waals surface area contributed by atoms with E-state index < -0.39 is 5.97 Å². The minimum atomic E-state index is -1.12. The number of aromatic nitrogens is 6. The van der Waals surface area contributed by atoms with Gasteiger partial charge >= 0.3 is 5.97 Å². The van der Waals surface area contributed by atoms with Gasteiger partial charge in [-0.2, -0.15) is 5.10 Å². The molecule has 11 heteroatoms. The fourth-order valence-corrected chi connectivity index (χ4v) is 4.30. The Morgan fingerprint density at radius 1 is 1.34 bits per heavy atom. The Bertz CT molecular complexity index is 1020. The largest absolute Gasteiger partial charge is 0.476 e. The third-order valence-electron chi connectivity index (χ3n) is 5.14. The van der Waals surface area contributed by atoms with E-state index in [0.29, 0.717) is 18.4 Å². The summed E-state index contributed by atoms with van der Waals surface area (Å²) in [6, 6.07) is 0. The van der Waals surface area contributed by atoms with Crippen LogP contribution in [0.25, 0.3) is 5.69 Å². The van der Waals surface area contributed by atoms with Crippen LogP contribution in [-0.2, 0) is 7.05 Å². The lowest BCUT2D eigenvalue weighted by Crippen LogP contribution is -2.31. The molecular formula is C18H21N7O3S. The summed E-state index contributed by atoms with van der Waals surface area (Å²) < 4.78 is 3.45. The van der Waals surface area contributed by atoms with E-state index in [0.717, 1.165) is 48.4 Å². The number of carbonyl (C=O) groups is 2. The topological polar surface area (TPSA) is 128 Å². The number of amides is 1. The standard InChI is InChI=1S/C18H21N7O3S/c1-24-8-13(7-20-24)25-9-14(22-23-25)12-4-2-3-11(5-12)6-19-16(26)15-10-29-17(21-15)18(27)28/h7-12H,2-6H2,1H3,(H,19,26)(H,27,28)/t11-,12+/m0/s1. The highest BCUT2D eigenvalue weighted by atomic mass is 32.1. The van der Waals surface area contributed by atoms with Gasteiger partial charge in [0.15, 0.2) is 0 Å². The highest BCUT2D eigenvalue weighted by molar-refractivity contribution is 7.11. The van der Waals surface area contributed by atoms with E-state index >= 15 is 0 Å². The molecule has 10 nitrogen and oxygen atoms in total. The van der Waals surface area contributed by atoms with Crippen molar-refractivity contribution in [2.45, 2.75) is 31.6 Å². The van der Waals surface area contributed by atoms with E-state index in [1.807, 2.05) is 19.4 Å². The van der Waals surface area contributed by atoms with Crippen LogP contribution in [0.5, 0.6) is 0 Å². The van der Waals surface area contributed by atoms with E-state index in [-0.39, 0.29) is 16.6 Å². The molecule has 3 aromatic heterocycles. The smallest absolute Gasteiger partial charge is 0.365 e. The lowest BCUT2D eigenvalue weighted by atomic mass is 9.80. The number of carbonyl (C=O) groups excluding carboxylic acids is 1. The van der Waals surface area contributed by atoms with Crippen LogP contribution in [-0.4, -0.2) is 53.3 Å². The van der Waals surface area contributed by atoms with Gasteiger partial charge < -0.3 is 10.4 Å². The quantitative estimate of drug-likeness (QED) is 0.629. The molecule has 1 aliphatic carbocycles. The number of hydrogen-bond donors (Lipinski definition) is 2. The van der Waals surface area contributed by atoms with E-state index in [2.05, 4.69) is 25.7 Å². The fraction of sp³-hybridized carbons (Fsp3) is 0.444. The van der Waals surface area contributed by atoms with Gasteiger partial charge in [0.05, 0.1) is 24.3 Å². The van der Waals surface area contributed by atoms with Crippen LogP contribution >= 0.6 is 11.3 Å². The summed E-state index contributed by atoms with van der Waals surface area (Å²) in [5, 5.41) is 25.9. The molecule has 4 rings (SSSR count). The van der Waals surface area contributed by atoms with Gasteiger partial charge in [-0.05, 0) is 25.2 Å². The second kappa shape index (κ2) is 8.11. The molecule has 2 N–H and O–H groups in total. The van der Waals surface area contributed by atoms with Gasteiger partial charge in [0, 0.05) is 24.9 Å². The lowest BCUT2D eigenvalue weighted by molar-refractivity contribution is 0.0696. The molecule has 1 aliphatic rings. The molecule has 0 aliphatic heterocycles. The Morgan fingerprint density at radius 2 is 2.21 bits per heavy atom. The molecule has 3 aromatic rings. The molecular weight excluding hydrogens is 394 g/mol. The second-order valence-electron chi connectivity index (χ2n) is 7.24. The zero-order valence-electron chi connectivity index (χ0n) is 15.9. The van der Waals surface area contributed by atoms with Crippen LogP contribution in [0.2, 0.25) is 0 Å². The predicted molar refractivity (Wildman–Crippen MR) is 104 cm³/mol. The number of nitrogens with zero attached hydrogens (tertiary/aromatic N) is 6. The van der Waals surface area contributed by atoms with Crippen LogP contribution in [0.15, 0.2) is 24.0 Å². The predicted octanol–water partition coefficient (Wildman–Crippen LogP) is 1.86. The lowest BCUT2D eigenvalue weighted by Gasteiger charge is -2.27. The zero-order chi connectivity index (χ0) is 20.4. The van der Waals surface area contributed by atoms with Gasteiger partial charge in [0.2, 0.25) is 5.01 Å². The maximum atomic E-state index is 12.2. The molecule has 3 heterocycles. The van der Waals surface area contributed by atoms with Gasteiger partial charge in [-0.15, -0.1) is 16.4 Å². The number of carboxylic acids is 1. The summed E-state index contributed by atoms with van der Waals surface area (Å²) >= 11 is 0.952. The Morgan fingerprint density at radius 3 is 2.93 bits per heavy atom. The summed E-state index contributed by atoms with van der Waals surface area (Å²) in [7, 11) is 1.86. The van der Waals surface area contributed by atoms with Crippen molar-refractivity contribution < 1.29 is 14.7 Å². The third kappa shape index (κ3) is 4.34. The first-order chi connectivity index (χ1) is 14.0. The number of thiazole rings is 1. The summed E-state index contributed by atoms with van der Waals surface area (Å²) in [6.45, 7) is 0.534. The highest BCUT2D eigenvalue weighted by Crippen LogP contribution is 2.35. The molecule has 0 unspecified atom stereocenters. The number of hydrogen-bond acceptors (Lipinski definition) is 7. The SMILES string of the molecule is Cn1cc(-n2cc([C@@H]3CCC[C@H](CNC(=O)c4csc(C(=O)O)n4)C3)nn2)cn1. The van der Waals surface area contributed by atoms with E-state index in [4.69, 9.17) is 5.11 Å². The van der Waals surface area contributed by atoms with Gasteiger partial charge in [-0.3, -0.25) is 9.48 Å². The summed E-state index contributed by atoms with van der Waals surface area (Å²) in [6.07, 6.45) is 9.63. The average molecular weight is 415 g/mol. The van der Waals surface area contributed by atoms with E-state index in [9.17, 15) is 9.59 Å². The van der Waals surface area contributed by atoms with Crippen molar-refractivity contribution in [2.75, 3.05) is 6.54 Å². The number of rotatable bonds is 6. The van der Waals surface area contributed by atoms with E-state index in [1.165, 1.54) is 5.38 Å². The number of nitrogens with one attached hydrogen (secondary N) is 1. The number of aromatic carboxylic acids is 1. The van der Waals surface area contributed by atoms with Crippen molar-refractivity contribution in [1.82, 2.24) is 35.1 Å². The van der Waals surface area contributed by atoms with Gasteiger partial charge in [-0.25, -0.2) is 14.5 Å². The van der Waals surface area contributed by atoms with Crippen LogP contribution in [0.3, 0.4) is 0 Å². The van der Waals surface area contributed by atoms with Crippen molar-refractivity contribution in [3.8, 4) is 5.69 Å². The highest BCUT2D eigenvalue weighted by Gasteiger charge is 2.26. The third-order valence-corrected chi connectivity index (χ3v) is 5.97. The van der Waals surface area contributed by atoms with Gasteiger partial charge in [0.1, 0.15) is 11.4 Å². The van der Waals surface area contributed by atoms with Crippen molar-refractivity contribution in [3.05, 3.63) is 40.4 Å². The first-order valence-electron chi connectivity index (χ1n) is 9.38. The molecule has 1 amide bonds. The molecule has 0 saturated heterocycles. The van der Waals surface area contributed by atoms with Crippen molar-refractivity contribution in [3.63, 3.8) is 0 Å². The van der Waals surface area contributed by atoms with Crippen molar-refractivity contribution in [2.24, 2.45) is 13.0 Å². The Balaban J connectivity index is 1.34. The average Bonchev–Trinajstić information content (AvgIpc) is 3.46. The summed E-state index contributed by atoms with van der Waals surface area (Å²) in [5.41, 5.74) is 1.98. The molecule has 0 spiro atoms. The van der Waals surface area contributed by atoms with Crippen LogP contribution < -0.4 is 5.32 Å².